The van der Waals surface area contributed by atoms with E-state index >= 15 is 0 Å². The van der Waals surface area contributed by atoms with Crippen molar-refractivity contribution in [1.29, 1.82) is 0 Å². The number of hydrogen-bond acceptors (Lipinski definition) is 4. The van der Waals surface area contributed by atoms with Gasteiger partial charge in [0, 0.05) is 19.4 Å². The quantitative estimate of drug-likeness (QED) is 0.838. The van der Waals surface area contributed by atoms with Crippen molar-refractivity contribution >= 4 is 15.9 Å². The van der Waals surface area contributed by atoms with Crippen LogP contribution in [0.5, 0.6) is 17.4 Å². The first-order valence-corrected chi connectivity index (χ1v) is 6.30. The van der Waals surface area contributed by atoms with Crippen molar-refractivity contribution < 1.29 is 22.6 Å². The Bertz CT molecular complexity index is 716. The first-order valence-electron chi connectivity index (χ1n) is 5.51. The molecule has 0 unspecified atom stereocenters. The molecule has 0 aliphatic heterocycles. The van der Waals surface area contributed by atoms with E-state index in [1.165, 1.54) is 36.1 Å². The highest BCUT2D eigenvalue weighted by Crippen LogP contribution is 2.33. The third-order valence-electron chi connectivity index (χ3n) is 2.33. The van der Waals surface area contributed by atoms with Crippen LogP contribution in [0.1, 0.15) is 0 Å². The van der Waals surface area contributed by atoms with Crippen molar-refractivity contribution in [3.63, 3.8) is 0 Å². The molecular weight excluding hydrogens is 357 g/mol. The van der Waals surface area contributed by atoms with Crippen LogP contribution in [0, 0.1) is 0 Å². The maximum Gasteiger partial charge on any atom is 0.573 e. The lowest BCUT2D eigenvalue weighted by atomic mass is 10.3. The normalized spacial score (nSPS) is 11.3. The number of halogens is 4. The fourth-order valence-corrected chi connectivity index (χ4v) is 1.85. The molecule has 0 atom stereocenters. The highest BCUT2D eigenvalue weighted by atomic mass is 79.9. The van der Waals surface area contributed by atoms with Crippen molar-refractivity contribution in [1.82, 2.24) is 9.55 Å². The van der Waals surface area contributed by atoms with Crippen LogP contribution in [-0.2, 0) is 7.05 Å². The van der Waals surface area contributed by atoms with Crippen molar-refractivity contribution in [3.05, 3.63) is 45.4 Å². The maximum absolute atomic E-state index is 12.1. The molecule has 1 heterocycles. The molecule has 0 N–H and O–H groups in total. The zero-order valence-electron chi connectivity index (χ0n) is 10.5. The Labute approximate surface area is 125 Å². The number of rotatable bonds is 3. The molecule has 0 aliphatic carbocycles. The Kier molecular flexibility index (Phi) is 4.21. The Morgan fingerprint density at radius 1 is 1.33 bits per heavy atom. The van der Waals surface area contributed by atoms with Crippen molar-refractivity contribution in [2.24, 2.45) is 7.05 Å². The zero-order chi connectivity index (χ0) is 15.6. The SMILES string of the molecule is Cn1ccnc(Oc2ccc(OC(F)(F)F)c(Br)c2)c1=O. The molecule has 1 aromatic heterocycles. The lowest BCUT2D eigenvalue weighted by Crippen LogP contribution is -2.18. The van der Waals surface area contributed by atoms with Gasteiger partial charge in [0.25, 0.3) is 5.88 Å². The average molecular weight is 365 g/mol. The van der Waals surface area contributed by atoms with E-state index in [1.54, 1.807) is 0 Å². The molecule has 0 aliphatic rings. The minimum absolute atomic E-state index is 0.0325. The second kappa shape index (κ2) is 5.76. The van der Waals surface area contributed by atoms with Crippen molar-refractivity contribution in [2.75, 3.05) is 0 Å². The molecule has 2 rings (SSSR count). The van der Waals surface area contributed by atoms with Gasteiger partial charge in [0.05, 0.1) is 4.47 Å². The second-order valence-electron chi connectivity index (χ2n) is 3.89. The molecular formula is C12H8BrF3N2O3. The van der Waals surface area contributed by atoms with Crippen LogP contribution in [-0.4, -0.2) is 15.9 Å². The Balaban J connectivity index is 2.25. The summed E-state index contributed by atoms with van der Waals surface area (Å²) < 4.78 is 46.7. The zero-order valence-corrected chi connectivity index (χ0v) is 12.1. The molecule has 0 amide bonds. The van der Waals surface area contributed by atoms with E-state index < -0.39 is 17.7 Å². The molecule has 1 aromatic carbocycles. The van der Waals surface area contributed by atoms with Gasteiger partial charge in [-0.3, -0.25) is 4.79 Å². The van der Waals surface area contributed by atoms with E-state index in [-0.39, 0.29) is 16.1 Å². The number of alkyl halides is 3. The molecule has 0 bridgehead atoms. The van der Waals surface area contributed by atoms with Crippen LogP contribution in [0.2, 0.25) is 0 Å². The predicted molar refractivity (Wildman–Crippen MR) is 70.4 cm³/mol. The Morgan fingerprint density at radius 3 is 2.67 bits per heavy atom. The summed E-state index contributed by atoms with van der Waals surface area (Å²) in [6.45, 7) is 0. The summed E-state index contributed by atoms with van der Waals surface area (Å²) in [4.78, 5) is 15.5. The summed E-state index contributed by atoms with van der Waals surface area (Å²) in [6.07, 6.45) is -1.97. The standard InChI is InChI=1S/C12H8BrF3N2O3/c1-18-5-4-17-10(11(18)19)20-7-2-3-9(8(13)6-7)21-12(14,15)16/h2-6H,1H3. The third-order valence-corrected chi connectivity index (χ3v) is 2.95. The van der Waals surface area contributed by atoms with Crippen molar-refractivity contribution in [2.45, 2.75) is 6.36 Å². The number of aromatic nitrogens is 2. The van der Waals surface area contributed by atoms with Gasteiger partial charge in [-0.05, 0) is 34.1 Å². The average Bonchev–Trinajstić information content (AvgIpc) is 2.37. The molecule has 9 heteroatoms. The summed E-state index contributed by atoms with van der Waals surface area (Å²) in [5, 5.41) is 0. The first-order chi connectivity index (χ1) is 9.76. The molecule has 0 saturated heterocycles. The monoisotopic (exact) mass is 364 g/mol. The summed E-state index contributed by atoms with van der Waals surface area (Å²) in [6, 6.07) is 3.55. The molecule has 21 heavy (non-hydrogen) atoms. The van der Waals surface area contributed by atoms with Gasteiger partial charge < -0.3 is 14.0 Å². The Morgan fingerprint density at radius 2 is 2.05 bits per heavy atom. The maximum atomic E-state index is 12.1. The highest BCUT2D eigenvalue weighted by molar-refractivity contribution is 9.10. The van der Waals surface area contributed by atoms with Gasteiger partial charge in [0.1, 0.15) is 11.5 Å². The van der Waals surface area contributed by atoms with Crippen LogP contribution in [0.15, 0.2) is 39.9 Å². The van der Waals surface area contributed by atoms with Gasteiger partial charge in [-0.1, -0.05) is 0 Å². The number of aryl methyl sites for hydroxylation is 1. The van der Waals surface area contributed by atoms with E-state index in [0.29, 0.717) is 0 Å². The van der Waals surface area contributed by atoms with Gasteiger partial charge >= 0.3 is 11.9 Å². The molecule has 112 valence electrons. The van der Waals surface area contributed by atoms with Crippen LogP contribution >= 0.6 is 15.9 Å². The summed E-state index contributed by atoms with van der Waals surface area (Å²) >= 11 is 2.94. The Hall–Kier alpha value is -2.03. The molecule has 0 saturated carbocycles. The molecule has 0 radical (unpaired) electrons. The lowest BCUT2D eigenvalue weighted by molar-refractivity contribution is -0.274. The fraction of sp³-hybridized carbons (Fsp3) is 0.167. The van der Waals surface area contributed by atoms with Crippen molar-refractivity contribution in [3.8, 4) is 17.4 Å². The highest BCUT2D eigenvalue weighted by Gasteiger charge is 2.32. The second-order valence-corrected chi connectivity index (χ2v) is 4.74. The fourth-order valence-electron chi connectivity index (χ4n) is 1.41. The number of nitrogens with zero attached hydrogens (tertiary/aromatic N) is 2. The molecule has 2 aromatic rings. The molecule has 0 spiro atoms. The van der Waals surface area contributed by atoms with Gasteiger partial charge in [0.15, 0.2) is 0 Å². The third kappa shape index (κ3) is 3.97. The van der Waals surface area contributed by atoms with E-state index in [0.717, 1.165) is 6.07 Å². The van der Waals surface area contributed by atoms with Gasteiger partial charge in [-0.2, -0.15) is 0 Å². The van der Waals surface area contributed by atoms with E-state index in [2.05, 4.69) is 25.7 Å². The molecule has 5 nitrogen and oxygen atoms in total. The summed E-state index contributed by atoms with van der Waals surface area (Å²) in [5.41, 5.74) is -0.468. The number of benzene rings is 1. The summed E-state index contributed by atoms with van der Waals surface area (Å²) in [5.74, 6) is -0.452. The van der Waals surface area contributed by atoms with E-state index in [4.69, 9.17) is 4.74 Å². The number of hydrogen-bond donors (Lipinski definition) is 0. The number of ether oxygens (including phenoxy) is 2. The van der Waals surface area contributed by atoms with Crippen LogP contribution in [0.4, 0.5) is 13.2 Å². The lowest BCUT2D eigenvalue weighted by Gasteiger charge is -2.11. The summed E-state index contributed by atoms with van der Waals surface area (Å²) in [7, 11) is 1.52. The predicted octanol–water partition coefficient (Wildman–Crippen LogP) is 3.23. The van der Waals surface area contributed by atoms with E-state index in [9.17, 15) is 18.0 Å². The smallest absolute Gasteiger partial charge is 0.435 e. The van der Waals surface area contributed by atoms with Gasteiger partial charge in [0.2, 0.25) is 0 Å². The van der Waals surface area contributed by atoms with E-state index in [1.807, 2.05) is 0 Å². The van der Waals surface area contributed by atoms with Crippen LogP contribution in [0.25, 0.3) is 0 Å². The molecule has 0 fully saturated rings. The minimum Gasteiger partial charge on any atom is -0.435 e. The largest absolute Gasteiger partial charge is 0.573 e. The topological polar surface area (TPSA) is 53.4 Å². The minimum atomic E-state index is -4.79. The van der Waals surface area contributed by atoms with Crippen LogP contribution < -0.4 is 15.0 Å². The van der Waals surface area contributed by atoms with Crippen LogP contribution in [0.3, 0.4) is 0 Å². The van der Waals surface area contributed by atoms with Gasteiger partial charge in [-0.25, -0.2) is 4.98 Å². The first kappa shape index (κ1) is 15.4. The van der Waals surface area contributed by atoms with Gasteiger partial charge in [-0.15, -0.1) is 13.2 Å².